The summed E-state index contributed by atoms with van der Waals surface area (Å²) in [6.07, 6.45) is 3.53. The monoisotopic (exact) mass is 474 g/mol. The Balaban J connectivity index is 1.54. The minimum atomic E-state index is -1.01. The van der Waals surface area contributed by atoms with Gasteiger partial charge in [0.15, 0.2) is 0 Å². The highest BCUT2D eigenvalue weighted by Gasteiger charge is 2.30. The highest BCUT2D eigenvalue weighted by atomic mass is 16.4. The molecule has 1 fully saturated rings. The van der Waals surface area contributed by atoms with E-state index in [1.165, 1.54) is 10.6 Å². The fourth-order valence-electron chi connectivity index (χ4n) is 4.58. The van der Waals surface area contributed by atoms with Crippen LogP contribution in [0.3, 0.4) is 0 Å². The molecular formula is C27H30N4O4. The Morgan fingerprint density at radius 1 is 0.943 bits per heavy atom. The van der Waals surface area contributed by atoms with Gasteiger partial charge in [0.1, 0.15) is 0 Å². The molecule has 1 saturated carbocycles. The van der Waals surface area contributed by atoms with Crippen LogP contribution in [-0.2, 0) is 13.6 Å². The number of nitrogens with one attached hydrogen (secondary N) is 2. The largest absolute Gasteiger partial charge is 0.465 e. The molecule has 35 heavy (non-hydrogen) atoms. The Morgan fingerprint density at radius 2 is 1.60 bits per heavy atom. The van der Waals surface area contributed by atoms with Crippen LogP contribution in [0.5, 0.6) is 0 Å². The third kappa shape index (κ3) is 6.09. The molecule has 4 rings (SSSR count). The molecule has 0 unspecified atom stereocenters. The number of urea groups is 1. The lowest BCUT2D eigenvalue weighted by Gasteiger charge is -2.37. The second kappa shape index (κ2) is 10.9. The van der Waals surface area contributed by atoms with Gasteiger partial charge in [-0.3, -0.25) is 9.69 Å². The molecule has 1 aromatic heterocycles. The second-order valence-corrected chi connectivity index (χ2v) is 8.88. The minimum Gasteiger partial charge on any atom is -0.465 e. The maximum Gasteiger partial charge on any atom is 0.404 e. The van der Waals surface area contributed by atoms with Gasteiger partial charge < -0.3 is 20.3 Å². The summed E-state index contributed by atoms with van der Waals surface area (Å²) in [5.74, 6) is 0. The molecule has 3 N–H and O–H groups in total. The number of anilines is 1. The molecule has 1 aliphatic rings. The summed E-state index contributed by atoms with van der Waals surface area (Å²) in [5.41, 5.74) is 3.58. The molecule has 0 atom stereocenters. The van der Waals surface area contributed by atoms with E-state index >= 15 is 0 Å². The fraction of sp³-hybridized carbons (Fsp3) is 0.296. The first kappa shape index (κ1) is 24.1. The van der Waals surface area contributed by atoms with Gasteiger partial charge in [-0.15, -0.1) is 0 Å². The van der Waals surface area contributed by atoms with Crippen LogP contribution in [0.1, 0.15) is 31.2 Å². The quantitative estimate of drug-likeness (QED) is 0.494. The first-order valence-electron chi connectivity index (χ1n) is 11.8. The number of carboxylic acid groups (broad SMARTS) is 1. The predicted octanol–water partition coefficient (Wildman–Crippen LogP) is 4.35. The number of carbonyl (C=O) groups excluding carboxylic acids is 1. The van der Waals surface area contributed by atoms with Crippen molar-refractivity contribution in [3.8, 4) is 11.1 Å². The average Bonchev–Trinajstić information content (AvgIpc) is 2.86. The normalized spacial score (nSPS) is 17.4. The first-order chi connectivity index (χ1) is 16.9. The number of hydrogen-bond donors (Lipinski definition) is 3. The maximum atomic E-state index is 13.4. The summed E-state index contributed by atoms with van der Waals surface area (Å²) in [6, 6.07) is 20.5. The number of benzene rings is 2. The third-order valence-corrected chi connectivity index (χ3v) is 6.46. The van der Waals surface area contributed by atoms with Crippen molar-refractivity contribution in [1.29, 1.82) is 0 Å². The third-order valence-electron chi connectivity index (χ3n) is 6.46. The van der Waals surface area contributed by atoms with E-state index in [1.54, 1.807) is 24.2 Å². The lowest BCUT2D eigenvalue weighted by Crippen LogP contribution is -2.49. The van der Waals surface area contributed by atoms with Gasteiger partial charge in [-0.2, -0.15) is 0 Å². The molecule has 8 heteroatoms. The van der Waals surface area contributed by atoms with Crippen molar-refractivity contribution < 1.29 is 14.7 Å². The molecule has 0 spiro atoms. The Labute approximate surface area is 204 Å². The van der Waals surface area contributed by atoms with Gasteiger partial charge in [0, 0.05) is 43.6 Å². The van der Waals surface area contributed by atoms with E-state index in [0.717, 1.165) is 22.4 Å². The molecule has 182 valence electrons. The number of pyridine rings is 1. The van der Waals surface area contributed by atoms with E-state index < -0.39 is 6.09 Å². The average molecular weight is 475 g/mol. The van der Waals surface area contributed by atoms with E-state index in [2.05, 4.69) is 10.6 Å². The standard InChI is InChI=1S/C27H30N4O4/c1-30-18-21(9-16-25(30)32)20-7-12-23(13-8-20)31(24-14-10-22(11-15-24)29-27(34)35)26(33)28-17-19-5-3-2-4-6-19/h2-9,12-13,16,18,22,24,29H,10-11,14-15,17H2,1H3,(H,28,33)(H,34,35). The van der Waals surface area contributed by atoms with Gasteiger partial charge in [0.2, 0.25) is 5.56 Å². The van der Waals surface area contributed by atoms with Gasteiger partial charge >= 0.3 is 12.1 Å². The van der Waals surface area contributed by atoms with E-state index in [9.17, 15) is 14.4 Å². The summed E-state index contributed by atoms with van der Waals surface area (Å²) in [7, 11) is 1.72. The van der Waals surface area contributed by atoms with Crippen LogP contribution in [-0.4, -0.2) is 33.9 Å². The van der Waals surface area contributed by atoms with Crippen LogP contribution in [0.2, 0.25) is 0 Å². The van der Waals surface area contributed by atoms with E-state index in [-0.39, 0.29) is 23.7 Å². The predicted molar refractivity (Wildman–Crippen MR) is 135 cm³/mol. The van der Waals surface area contributed by atoms with Crippen molar-refractivity contribution in [2.24, 2.45) is 7.05 Å². The molecular weight excluding hydrogens is 444 g/mol. The molecule has 3 amide bonds. The van der Waals surface area contributed by atoms with Crippen LogP contribution in [0.15, 0.2) is 77.7 Å². The van der Waals surface area contributed by atoms with Crippen LogP contribution in [0, 0.1) is 0 Å². The Hall–Kier alpha value is -4.07. The highest BCUT2D eigenvalue weighted by molar-refractivity contribution is 5.93. The van der Waals surface area contributed by atoms with E-state index in [0.29, 0.717) is 32.2 Å². The first-order valence-corrected chi connectivity index (χ1v) is 11.8. The maximum absolute atomic E-state index is 13.4. The van der Waals surface area contributed by atoms with Gasteiger partial charge in [-0.1, -0.05) is 42.5 Å². The molecule has 2 aromatic carbocycles. The smallest absolute Gasteiger partial charge is 0.404 e. The molecule has 0 radical (unpaired) electrons. The lowest BCUT2D eigenvalue weighted by molar-refractivity contribution is 0.184. The lowest BCUT2D eigenvalue weighted by atomic mass is 9.90. The topological polar surface area (TPSA) is 104 Å². The number of hydrogen-bond acceptors (Lipinski definition) is 3. The van der Waals surface area contributed by atoms with Crippen molar-refractivity contribution in [2.45, 2.75) is 44.3 Å². The van der Waals surface area contributed by atoms with Crippen molar-refractivity contribution in [3.05, 3.63) is 88.8 Å². The Morgan fingerprint density at radius 3 is 2.23 bits per heavy atom. The van der Waals surface area contributed by atoms with Crippen LogP contribution in [0.25, 0.3) is 11.1 Å². The van der Waals surface area contributed by atoms with Crippen molar-refractivity contribution in [2.75, 3.05) is 4.90 Å². The molecule has 0 bridgehead atoms. The van der Waals surface area contributed by atoms with Crippen molar-refractivity contribution in [3.63, 3.8) is 0 Å². The number of rotatable bonds is 6. The van der Waals surface area contributed by atoms with Gasteiger partial charge in [0.05, 0.1) is 0 Å². The number of aryl methyl sites for hydroxylation is 1. The molecule has 0 aliphatic heterocycles. The second-order valence-electron chi connectivity index (χ2n) is 8.88. The van der Waals surface area contributed by atoms with Crippen LogP contribution >= 0.6 is 0 Å². The van der Waals surface area contributed by atoms with E-state index in [4.69, 9.17) is 5.11 Å². The molecule has 3 aromatic rings. The summed E-state index contributed by atoms with van der Waals surface area (Å²) in [4.78, 5) is 37.9. The summed E-state index contributed by atoms with van der Waals surface area (Å²) >= 11 is 0. The zero-order chi connectivity index (χ0) is 24.8. The van der Waals surface area contributed by atoms with Gasteiger partial charge in [-0.25, -0.2) is 9.59 Å². The minimum absolute atomic E-state index is 0.0407. The number of carbonyl (C=O) groups is 2. The van der Waals surface area contributed by atoms with Crippen molar-refractivity contribution >= 4 is 17.8 Å². The van der Waals surface area contributed by atoms with Gasteiger partial charge in [0.25, 0.3) is 0 Å². The molecule has 1 heterocycles. The Kier molecular flexibility index (Phi) is 7.50. The SMILES string of the molecule is Cn1cc(-c2ccc(N(C(=O)NCc3ccccc3)C3CCC(NC(=O)O)CC3)cc2)ccc1=O. The zero-order valence-electron chi connectivity index (χ0n) is 19.7. The van der Waals surface area contributed by atoms with E-state index in [1.807, 2.05) is 54.6 Å². The molecule has 0 saturated heterocycles. The molecule has 1 aliphatic carbocycles. The number of nitrogens with zero attached hydrogens (tertiary/aromatic N) is 2. The Bertz CT molecular complexity index is 1220. The summed E-state index contributed by atoms with van der Waals surface area (Å²) in [6.45, 7) is 0.419. The number of amides is 3. The van der Waals surface area contributed by atoms with Crippen molar-refractivity contribution in [1.82, 2.24) is 15.2 Å². The van der Waals surface area contributed by atoms with Crippen LogP contribution in [0.4, 0.5) is 15.3 Å². The van der Waals surface area contributed by atoms with Gasteiger partial charge in [-0.05, 0) is 60.6 Å². The highest BCUT2D eigenvalue weighted by Crippen LogP contribution is 2.30. The fourth-order valence-corrected chi connectivity index (χ4v) is 4.58. The number of aromatic nitrogens is 1. The zero-order valence-corrected chi connectivity index (χ0v) is 19.7. The molecule has 8 nitrogen and oxygen atoms in total. The summed E-state index contributed by atoms with van der Waals surface area (Å²) < 4.78 is 1.54. The summed E-state index contributed by atoms with van der Waals surface area (Å²) in [5, 5.41) is 14.6. The van der Waals surface area contributed by atoms with Crippen LogP contribution < -0.4 is 21.1 Å².